The fourth-order valence-electron chi connectivity index (χ4n) is 5.37. The molecule has 0 radical (unpaired) electrons. The van der Waals surface area contributed by atoms with Crippen LogP contribution in [0.3, 0.4) is 0 Å². The van der Waals surface area contributed by atoms with Crippen LogP contribution in [0.15, 0.2) is 4.99 Å². The summed E-state index contributed by atoms with van der Waals surface area (Å²) in [6.07, 6.45) is -11.9. The van der Waals surface area contributed by atoms with Gasteiger partial charge in [0.25, 0.3) is 0 Å². The smallest absolute Gasteiger partial charge is 0.191 e. The molecule has 0 spiro atoms. The van der Waals surface area contributed by atoms with E-state index in [0.29, 0.717) is 12.5 Å². The van der Waals surface area contributed by atoms with Gasteiger partial charge in [0.1, 0.15) is 48.8 Å². The summed E-state index contributed by atoms with van der Waals surface area (Å²) in [6, 6.07) is -2.48. The molecule has 14 atom stereocenters. The molecule has 40 heavy (non-hydrogen) atoms. The Morgan fingerprint density at radius 3 is 2.30 bits per heavy atom. The van der Waals surface area contributed by atoms with Gasteiger partial charge in [0.2, 0.25) is 0 Å². The van der Waals surface area contributed by atoms with Crippen LogP contribution in [0.2, 0.25) is 0 Å². The number of guanidine groups is 1. The lowest BCUT2D eigenvalue weighted by Crippen LogP contribution is -2.64. The summed E-state index contributed by atoms with van der Waals surface area (Å²) < 4.78 is 29.1. The van der Waals surface area contributed by atoms with Crippen molar-refractivity contribution in [3.63, 3.8) is 0 Å². The van der Waals surface area contributed by atoms with E-state index >= 15 is 0 Å². The van der Waals surface area contributed by atoms with Crippen molar-refractivity contribution in [2.45, 2.75) is 98.5 Å². The van der Waals surface area contributed by atoms with E-state index in [9.17, 15) is 25.5 Å². The Bertz CT molecular complexity index is 831. The Morgan fingerprint density at radius 1 is 0.900 bits per heavy atom. The number of aliphatic hydroxyl groups excluding tert-OH is 5. The van der Waals surface area contributed by atoms with Gasteiger partial charge in [-0.05, 0) is 12.8 Å². The third-order valence-electron chi connectivity index (χ3n) is 7.70. The third-order valence-corrected chi connectivity index (χ3v) is 7.70. The van der Waals surface area contributed by atoms with Crippen LogP contribution in [-0.4, -0.2) is 157 Å². The highest BCUT2D eigenvalue weighted by Gasteiger charge is 2.53. The lowest BCUT2D eigenvalue weighted by atomic mass is 9.84. The van der Waals surface area contributed by atoms with Gasteiger partial charge in [-0.1, -0.05) is 0 Å². The molecule has 17 heteroatoms. The quantitative estimate of drug-likeness (QED) is 0.107. The minimum Gasteiger partial charge on any atom is -0.394 e. The fourth-order valence-corrected chi connectivity index (χ4v) is 5.37. The summed E-state index contributed by atoms with van der Waals surface area (Å²) in [5.74, 6) is 0.683. The Hall–Kier alpha value is -1.29. The molecule has 17 nitrogen and oxygen atoms in total. The molecule has 0 aromatic rings. The zero-order valence-corrected chi connectivity index (χ0v) is 22.3. The average molecular weight is 580 g/mol. The summed E-state index contributed by atoms with van der Waals surface area (Å²) in [5, 5.41) is 58.5. The number of nitrogens with two attached hydrogens (primary N) is 4. The summed E-state index contributed by atoms with van der Waals surface area (Å²) in [4.78, 5) is 4.34. The van der Waals surface area contributed by atoms with Gasteiger partial charge in [-0.25, -0.2) is 0 Å². The molecule has 4 aliphatic rings. The summed E-state index contributed by atoms with van der Waals surface area (Å²) in [6.45, 7) is 1.52. The lowest BCUT2D eigenvalue weighted by molar-refractivity contribution is -0.280. The molecular weight excluding hydrogens is 534 g/mol. The highest BCUT2D eigenvalue weighted by Crippen LogP contribution is 2.32. The van der Waals surface area contributed by atoms with Crippen LogP contribution in [0, 0.1) is 0 Å². The first-order valence-corrected chi connectivity index (χ1v) is 13.7. The van der Waals surface area contributed by atoms with Gasteiger partial charge in [0.05, 0.1) is 25.4 Å². The average Bonchev–Trinajstić information content (AvgIpc) is 3.25. The third kappa shape index (κ3) is 7.01. The largest absolute Gasteiger partial charge is 0.394 e. The van der Waals surface area contributed by atoms with Crippen LogP contribution in [0.5, 0.6) is 0 Å². The molecule has 3 aliphatic heterocycles. The normalized spacial score (nSPS) is 46.1. The van der Waals surface area contributed by atoms with Gasteiger partial charge in [-0.2, -0.15) is 0 Å². The summed E-state index contributed by atoms with van der Waals surface area (Å²) in [7, 11) is 0. The monoisotopic (exact) mass is 579 g/mol. The van der Waals surface area contributed by atoms with E-state index in [2.05, 4.69) is 15.6 Å². The lowest BCUT2D eigenvalue weighted by Gasteiger charge is -2.43. The van der Waals surface area contributed by atoms with E-state index in [4.69, 9.17) is 46.6 Å². The molecule has 0 unspecified atom stereocenters. The van der Waals surface area contributed by atoms with Crippen LogP contribution >= 0.6 is 0 Å². The minimum atomic E-state index is -1.48. The van der Waals surface area contributed by atoms with Crippen molar-refractivity contribution in [2.75, 3.05) is 39.4 Å². The van der Waals surface area contributed by atoms with E-state index in [1.165, 1.54) is 0 Å². The first-order valence-electron chi connectivity index (χ1n) is 13.7. The molecule has 4 rings (SSSR count). The molecule has 15 N–H and O–H groups in total. The summed E-state index contributed by atoms with van der Waals surface area (Å²) >= 11 is 0. The van der Waals surface area contributed by atoms with Crippen LogP contribution in [0.25, 0.3) is 0 Å². The van der Waals surface area contributed by atoms with Gasteiger partial charge < -0.3 is 82.8 Å². The van der Waals surface area contributed by atoms with Crippen molar-refractivity contribution in [3.8, 4) is 0 Å². The standard InChI is InChI=1S/C23H45N7O10/c24-7-11-15(33)16(34)13(27)21(37-11)39-19-12(8-31)38-22(17(19)35)40-20-14(32)9(25)6-10(26)18(20)36-5-4-30-23-28-2-1-3-29-23/h9-22,31-35H,1-8,24-27H2,(H2,28,29,30)/t9-,10+,11-,12-,13+,14+,15+,16+,17-,18-,19-,20-,21+,22+/m1/s1. The van der Waals surface area contributed by atoms with Crippen molar-refractivity contribution < 1.29 is 49.2 Å². The maximum Gasteiger partial charge on any atom is 0.191 e. The Balaban J connectivity index is 1.39. The Morgan fingerprint density at radius 2 is 1.62 bits per heavy atom. The van der Waals surface area contributed by atoms with Gasteiger partial charge in [-0.3, -0.25) is 4.99 Å². The second-order valence-electron chi connectivity index (χ2n) is 10.6. The predicted molar refractivity (Wildman–Crippen MR) is 138 cm³/mol. The van der Waals surface area contributed by atoms with Crippen LogP contribution in [-0.2, 0) is 23.7 Å². The van der Waals surface area contributed by atoms with E-state index in [1.807, 2.05) is 0 Å². The second kappa shape index (κ2) is 14.3. The zero-order chi connectivity index (χ0) is 29.0. The van der Waals surface area contributed by atoms with Crippen LogP contribution in [0.1, 0.15) is 12.8 Å². The molecule has 0 aromatic heterocycles. The van der Waals surface area contributed by atoms with E-state index < -0.39 is 92.2 Å². The first kappa shape index (κ1) is 31.6. The van der Waals surface area contributed by atoms with E-state index in [0.717, 1.165) is 19.5 Å². The van der Waals surface area contributed by atoms with Gasteiger partial charge in [-0.15, -0.1) is 0 Å². The molecule has 0 amide bonds. The highest BCUT2D eigenvalue weighted by molar-refractivity contribution is 5.80. The van der Waals surface area contributed by atoms with E-state index in [1.54, 1.807) is 0 Å². The van der Waals surface area contributed by atoms with Crippen LogP contribution in [0.4, 0.5) is 0 Å². The highest BCUT2D eigenvalue weighted by atomic mass is 16.8. The molecule has 1 saturated carbocycles. The number of aliphatic imine (C=N–C) groups is 1. The maximum atomic E-state index is 11.1. The van der Waals surface area contributed by atoms with Crippen molar-refractivity contribution in [1.82, 2.24) is 10.6 Å². The molecule has 3 fully saturated rings. The zero-order valence-electron chi connectivity index (χ0n) is 22.3. The molecule has 3 heterocycles. The first-order chi connectivity index (χ1) is 19.2. The SMILES string of the molecule is NC[C@H]1O[C@@H](O[C@H]2[C@@H](O)[C@H](O[C@@H]3[C@@H](O)[C@H](N)C[C@H](N)[C@H]3OCCNC3=NCCCN3)O[C@@H]2CO)[C@@H](N)[C@H](O)[C@H]1O. The van der Waals surface area contributed by atoms with Gasteiger partial charge >= 0.3 is 0 Å². The van der Waals surface area contributed by atoms with Crippen molar-refractivity contribution in [3.05, 3.63) is 0 Å². The number of rotatable bonds is 10. The number of hydrogen-bond donors (Lipinski definition) is 11. The van der Waals surface area contributed by atoms with E-state index in [-0.39, 0.29) is 19.6 Å². The number of hydrogen-bond acceptors (Lipinski definition) is 17. The molecule has 1 aliphatic carbocycles. The Kier molecular flexibility index (Phi) is 11.3. The van der Waals surface area contributed by atoms with Gasteiger partial charge in [0.15, 0.2) is 18.5 Å². The predicted octanol–water partition coefficient (Wildman–Crippen LogP) is -6.69. The second-order valence-corrected chi connectivity index (χ2v) is 10.6. The topological polar surface area (TPSA) is 288 Å². The fraction of sp³-hybridized carbons (Fsp3) is 0.957. The number of nitrogens with one attached hydrogen (secondary N) is 2. The molecule has 232 valence electrons. The summed E-state index contributed by atoms with van der Waals surface area (Å²) in [5.41, 5.74) is 24.0. The number of ether oxygens (including phenoxy) is 5. The Labute approximate surface area is 232 Å². The molecular formula is C23H45N7O10. The maximum absolute atomic E-state index is 11.1. The minimum absolute atomic E-state index is 0.120. The molecule has 2 saturated heterocycles. The molecule has 0 aromatic carbocycles. The number of aliphatic hydroxyl groups is 5. The van der Waals surface area contributed by atoms with Crippen LogP contribution < -0.4 is 33.6 Å². The van der Waals surface area contributed by atoms with Gasteiger partial charge in [0, 0.05) is 38.3 Å². The van der Waals surface area contributed by atoms with Crippen molar-refractivity contribution in [1.29, 1.82) is 0 Å². The number of nitrogens with zero attached hydrogens (tertiary/aromatic N) is 1. The molecule has 0 bridgehead atoms. The van der Waals surface area contributed by atoms with Crippen molar-refractivity contribution >= 4 is 5.96 Å². The van der Waals surface area contributed by atoms with Crippen molar-refractivity contribution in [2.24, 2.45) is 27.9 Å².